The monoisotopic (exact) mass is 115 g/mol. The molecule has 3 amide bonds. The van der Waals surface area contributed by atoms with Gasteiger partial charge < -0.3 is 11.1 Å². The van der Waals surface area contributed by atoms with Gasteiger partial charge in [-0.05, 0) is 0 Å². The van der Waals surface area contributed by atoms with Crippen molar-refractivity contribution in [2.24, 2.45) is 5.73 Å². The maximum Gasteiger partial charge on any atom is 0.319 e. The smallest absolute Gasteiger partial charge is 0.319 e. The van der Waals surface area contributed by atoms with Gasteiger partial charge in [-0.2, -0.15) is 0 Å². The number of nitrogens with two attached hydrogens (primary N) is 1. The Morgan fingerprint density at radius 1 is 1.62 bits per heavy atom. The molecular weight excluding hydrogens is 110 g/mol. The highest BCUT2D eigenvalue weighted by Crippen LogP contribution is 1.54. The van der Waals surface area contributed by atoms with Crippen molar-refractivity contribution in [3.05, 3.63) is 0 Å². The molecule has 0 spiro atoms. The number of carbonyl (C=O) groups excluding carboxylic acids is 2. The lowest BCUT2D eigenvalue weighted by molar-refractivity contribution is -0.113. The average molecular weight is 115 g/mol. The van der Waals surface area contributed by atoms with E-state index in [4.69, 9.17) is 5.41 Å². The quantitative estimate of drug-likeness (QED) is 0.375. The number of nitrogens with one attached hydrogen (secondary N) is 2. The number of rotatable bonds is 1. The number of carbonyl (C=O) groups is 2. The van der Waals surface area contributed by atoms with Crippen molar-refractivity contribution in [1.82, 2.24) is 5.32 Å². The third kappa shape index (κ3) is 2.83. The molecule has 0 atom stereocenters. The summed E-state index contributed by atoms with van der Waals surface area (Å²) in [5.41, 5.74) is 4.49. The molecule has 0 aromatic carbocycles. The predicted octanol–water partition coefficient (Wildman–Crippen LogP) is -1.17. The Morgan fingerprint density at radius 3 is 2.25 bits per heavy atom. The van der Waals surface area contributed by atoms with E-state index in [0.29, 0.717) is 6.21 Å². The van der Waals surface area contributed by atoms with E-state index in [2.05, 4.69) is 5.73 Å². The molecule has 0 fully saturated rings. The van der Waals surface area contributed by atoms with Crippen molar-refractivity contribution < 1.29 is 9.59 Å². The first-order chi connectivity index (χ1) is 3.66. The number of urea groups is 1. The van der Waals surface area contributed by atoms with Crippen molar-refractivity contribution in [2.75, 3.05) is 0 Å². The minimum absolute atomic E-state index is 0.463. The molecule has 4 N–H and O–H groups in total. The van der Waals surface area contributed by atoms with E-state index in [9.17, 15) is 9.59 Å². The summed E-state index contributed by atoms with van der Waals surface area (Å²) in [4.78, 5) is 19.7. The second-order valence-electron chi connectivity index (χ2n) is 0.998. The molecule has 0 heterocycles. The summed E-state index contributed by atoms with van der Waals surface area (Å²) in [5.74, 6) is -0.808. The Morgan fingerprint density at radius 2 is 2.12 bits per heavy atom. The molecule has 0 radical (unpaired) electrons. The maximum atomic E-state index is 9.97. The molecule has 0 saturated carbocycles. The Balaban J connectivity index is 3.55. The topological polar surface area (TPSA) is 96.0 Å². The van der Waals surface area contributed by atoms with E-state index >= 15 is 0 Å². The van der Waals surface area contributed by atoms with Crippen molar-refractivity contribution in [2.45, 2.75) is 0 Å². The van der Waals surface area contributed by atoms with Gasteiger partial charge >= 0.3 is 6.03 Å². The van der Waals surface area contributed by atoms with E-state index in [1.165, 1.54) is 0 Å². The summed E-state index contributed by atoms with van der Waals surface area (Å²) < 4.78 is 0. The maximum absolute atomic E-state index is 9.97. The molecular formula is C3H5N3O2. The summed E-state index contributed by atoms with van der Waals surface area (Å²) in [6, 6.07) is -0.946. The highest BCUT2D eigenvalue weighted by Gasteiger charge is 1.95. The molecule has 0 aliphatic heterocycles. The lowest BCUT2D eigenvalue weighted by Gasteiger charge is -1.88. The third-order valence-corrected chi connectivity index (χ3v) is 0.377. The first kappa shape index (κ1) is 6.61. The summed E-state index contributed by atoms with van der Waals surface area (Å²) in [6.45, 7) is 0. The molecule has 5 heteroatoms. The molecule has 0 unspecified atom stereocenters. The third-order valence-electron chi connectivity index (χ3n) is 0.377. The molecule has 5 nitrogen and oxygen atoms in total. The number of imide groups is 1. The fraction of sp³-hybridized carbons (Fsp3) is 0. The molecule has 0 aromatic rings. The first-order valence-electron chi connectivity index (χ1n) is 1.77. The van der Waals surface area contributed by atoms with Crippen LogP contribution in [0.25, 0.3) is 0 Å². The Labute approximate surface area is 45.4 Å². The van der Waals surface area contributed by atoms with Crippen LogP contribution < -0.4 is 11.1 Å². The summed E-state index contributed by atoms with van der Waals surface area (Å²) >= 11 is 0. The molecule has 44 valence electrons. The van der Waals surface area contributed by atoms with E-state index in [1.54, 1.807) is 5.32 Å². The van der Waals surface area contributed by atoms with Crippen molar-refractivity contribution >= 4 is 18.2 Å². The van der Waals surface area contributed by atoms with Gasteiger partial charge in [-0.25, -0.2) is 4.79 Å². The van der Waals surface area contributed by atoms with E-state index < -0.39 is 11.9 Å². The van der Waals surface area contributed by atoms with Gasteiger partial charge in [-0.1, -0.05) is 0 Å². The highest BCUT2D eigenvalue weighted by molar-refractivity contribution is 6.28. The van der Waals surface area contributed by atoms with Gasteiger partial charge in [0.1, 0.15) is 0 Å². The van der Waals surface area contributed by atoms with Crippen LogP contribution in [-0.4, -0.2) is 18.2 Å². The van der Waals surface area contributed by atoms with Gasteiger partial charge in [-0.15, -0.1) is 0 Å². The molecule has 0 bridgehead atoms. The van der Waals surface area contributed by atoms with Gasteiger partial charge in [0.2, 0.25) is 0 Å². The SMILES string of the molecule is N=CC(=O)NC(N)=O. The van der Waals surface area contributed by atoms with Gasteiger partial charge in [0.15, 0.2) is 0 Å². The highest BCUT2D eigenvalue weighted by atomic mass is 16.2. The number of primary amides is 1. The van der Waals surface area contributed by atoms with E-state index in [0.717, 1.165) is 0 Å². The van der Waals surface area contributed by atoms with Crippen LogP contribution >= 0.6 is 0 Å². The lowest BCUT2D eigenvalue weighted by atomic mass is 10.7. The average Bonchev–Trinajstić information content (AvgIpc) is 1.65. The Bertz CT molecular complexity index is 130. The van der Waals surface area contributed by atoms with E-state index in [-0.39, 0.29) is 0 Å². The van der Waals surface area contributed by atoms with Gasteiger partial charge in [0.05, 0.1) is 6.21 Å². The summed E-state index contributed by atoms with van der Waals surface area (Å²) in [6.07, 6.45) is 0.463. The van der Waals surface area contributed by atoms with Crippen LogP contribution in [-0.2, 0) is 4.79 Å². The van der Waals surface area contributed by atoms with Crippen LogP contribution in [0.5, 0.6) is 0 Å². The molecule has 0 aromatic heterocycles. The van der Waals surface area contributed by atoms with Gasteiger partial charge in [0.25, 0.3) is 5.91 Å². The van der Waals surface area contributed by atoms with Gasteiger partial charge in [-0.3, -0.25) is 10.1 Å². The zero-order chi connectivity index (χ0) is 6.57. The minimum Gasteiger partial charge on any atom is -0.351 e. The Hall–Kier alpha value is -1.39. The van der Waals surface area contributed by atoms with E-state index in [1.807, 2.05) is 0 Å². The van der Waals surface area contributed by atoms with Crippen LogP contribution in [0.1, 0.15) is 0 Å². The molecule has 0 aliphatic rings. The van der Waals surface area contributed by atoms with Crippen LogP contribution in [0.15, 0.2) is 0 Å². The Kier molecular flexibility index (Phi) is 2.25. The predicted molar refractivity (Wildman–Crippen MR) is 26.5 cm³/mol. The van der Waals surface area contributed by atoms with Crippen LogP contribution in [0.4, 0.5) is 4.79 Å². The number of amides is 3. The zero-order valence-electron chi connectivity index (χ0n) is 3.97. The standard InChI is InChI=1S/C3H5N3O2/c4-1-2(7)6-3(5)8/h1,4H,(H3,5,6,7,8). The number of hydrogen-bond acceptors (Lipinski definition) is 3. The molecule has 0 saturated heterocycles. The van der Waals surface area contributed by atoms with Crippen molar-refractivity contribution in [3.8, 4) is 0 Å². The fourth-order valence-corrected chi connectivity index (χ4v) is 0.158. The largest absolute Gasteiger partial charge is 0.351 e. The second kappa shape index (κ2) is 2.73. The van der Waals surface area contributed by atoms with Crippen LogP contribution in [0, 0.1) is 5.41 Å². The zero-order valence-corrected chi connectivity index (χ0v) is 3.97. The molecule has 8 heavy (non-hydrogen) atoms. The lowest BCUT2D eigenvalue weighted by Crippen LogP contribution is -2.35. The van der Waals surface area contributed by atoms with Crippen LogP contribution in [0.2, 0.25) is 0 Å². The van der Waals surface area contributed by atoms with Crippen molar-refractivity contribution in [3.63, 3.8) is 0 Å². The normalized spacial score (nSPS) is 7.50. The summed E-state index contributed by atoms with van der Waals surface area (Å²) in [5, 5.41) is 7.91. The molecule has 0 rings (SSSR count). The van der Waals surface area contributed by atoms with Crippen LogP contribution in [0.3, 0.4) is 0 Å². The second-order valence-corrected chi connectivity index (χ2v) is 0.998. The van der Waals surface area contributed by atoms with Gasteiger partial charge in [0, 0.05) is 0 Å². The first-order valence-corrected chi connectivity index (χ1v) is 1.77. The fourth-order valence-electron chi connectivity index (χ4n) is 0.158. The molecule has 0 aliphatic carbocycles. The number of hydrogen-bond donors (Lipinski definition) is 3. The summed E-state index contributed by atoms with van der Waals surface area (Å²) in [7, 11) is 0. The van der Waals surface area contributed by atoms with Crippen molar-refractivity contribution in [1.29, 1.82) is 5.41 Å². The minimum atomic E-state index is -0.946.